The molecule has 0 spiro atoms. The lowest BCUT2D eigenvalue weighted by Gasteiger charge is -2.31. The number of ether oxygens (including phenoxy) is 2. The molecule has 0 amide bonds. The molecule has 2 atom stereocenters. The quantitative estimate of drug-likeness (QED) is 0.890. The van der Waals surface area contributed by atoms with E-state index in [4.69, 9.17) is 9.47 Å². The van der Waals surface area contributed by atoms with Gasteiger partial charge in [0.25, 0.3) is 0 Å². The lowest BCUT2D eigenvalue weighted by atomic mass is 9.92. The second kappa shape index (κ2) is 6.87. The van der Waals surface area contributed by atoms with Crippen LogP contribution in [0.2, 0.25) is 0 Å². The van der Waals surface area contributed by atoms with Crippen molar-refractivity contribution in [3.63, 3.8) is 0 Å². The van der Waals surface area contributed by atoms with Gasteiger partial charge < -0.3 is 14.8 Å². The van der Waals surface area contributed by atoms with Gasteiger partial charge in [-0.1, -0.05) is 25.0 Å². The van der Waals surface area contributed by atoms with Crippen LogP contribution in [0, 0.1) is 5.82 Å². The molecule has 1 saturated carbocycles. The lowest BCUT2D eigenvalue weighted by molar-refractivity contribution is -0.00481. The van der Waals surface area contributed by atoms with Crippen molar-refractivity contribution in [3.05, 3.63) is 29.6 Å². The molecule has 2 unspecified atom stereocenters. The Labute approximate surface area is 114 Å². The third-order valence-electron chi connectivity index (χ3n) is 3.79. The first-order valence-electron chi connectivity index (χ1n) is 6.86. The van der Waals surface area contributed by atoms with Gasteiger partial charge in [-0.25, -0.2) is 4.39 Å². The van der Waals surface area contributed by atoms with Crippen LogP contribution in [0.15, 0.2) is 18.2 Å². The van der Waals surface area contributed by atoms with Gasteiger partial charge >= 0.3 is 0 Å². The molecule has 0 saturated heterocycles. The molecule has 1 aromatic rings. The van der Waals surface area contributed by atoms with Crippen LogP contribution >= 0.6 is 0 Å². The maximum absolute atomic E-state index is 14.0. The molecule has 1 N–H and O–H groups in total. The van der Waals surface area contributed by atoms with Crippen molar-refractivity contribution < 1.29 is 13.9 Å². The van der Waals surface area contributed by atoms with Gasteiger partial charge in [-0.3, -0.25) is 0 Å². The van der Waals surface area contributed by atoms with Gasteiger partial charge in [0.1, 0.15) is 0 Å². The Morgan fingerprint density at radius 1 is 1.32 bits per heavy atom. The van der Waals surface area contributed by atoms with E-state index in [0.29, 0.717) is 18.2 Å². The van der Waals surface area contributed by atoms with Crippen LogP contribution in [-0.4, -0.2) is 26.3 Å². The fourth-order valence-corrected chi connectivity index (χ4v) is 2.65. The van der Waals surface area contributed by atoms with E-state index in [1.165, 1.54) is 20.0 Å². The largest absolute Gasteiger partial charge is 0.494 e. The first-order valence-corrected chi connectivity index (χ1v) is 6.86. The van der Waals surface area contributed by atoms with E-state index in [2.05, 4.69) is 5.32 Å². The average molecular weight is 267 g/mol. The Morgan fingerprint density at radius 3 is 2.84 bits per heavy atom. The Hall–Kier alpha value is -1.13. The molecule has 1 aliphatic carbocycles. The van der Waals surface area contributed by atoms with E-state index in [0.717, 1.165) is 12.8 Å². The van der Waals surface area contributed by atoms with Crippen LogP contribution in [0.5, 0.6) is 5.75 Å². The standard InChI is InChI=1S/C15H22FNO2/c1-17-12-7-3-4-8-13(12)19-10-11-6-5-9-14(18-2)15(11)16/h5-6,9,12-13,17H,3-4,7-8,10H2,1-2H3. The molecular weight excluding hydrogens is 245 g/mol. The van der Waals surface area contributed by atoms with Crippen molar-refractivity contribution in [3.8, 4) is 5.75 Å². The number of rotatable bonds is 5. The average Bonchev–Trinajstić information content (AvgIpc) is 2.46. The zero-order valence-electron chi connectivity index (χ0n) is 11.6. The van der Waals surface area contributed by atoms with E-state index in [1.807, 2.05) is 7.05 Å². The molecule has 19 heavy (non-hydrogen) atoms. The van der Waals surface area contributed by atoms with E-state index in [1.54, 1.807) is 18.2 Å². The fourth-order valence-electron chi connectivity index (χ4n) is 2.65. The molecule has 1 aromatic carbocycles. The fraction of sp³-hybridized carbons (Fsp3) is 0.600. The van der Waals surface area contributed by atoms with Crippen molar-refractivity contribution in [1.29, 1.82) is 0 Å². The Morgan fingerprint density at radius 2 is 2.11 bits per heavy atom. The highest BCUT2D eigenvalue weighted by molar-refractivity contribution is 5.30. The highest BCUT2D eigenvalue weighted by Gasteiger charge is 2.24. The number of nitrogens with one attached hydrogen (secondary N) is 1. The van der Waals surface area contributed by atoms with E-state index >= 15 is 0 Å². The third kappa shape index (κ3) is 3.45. The van der Waals surface area contributed by atoms with Gasteiger partial charge in [-0.2, -0.15) is 0 Å². The summed E-state index contributed by atoms with van der Waals surface area (Å²) in [4.78, 5) is 0. The van der Waals surface area contributed by atoms with Gasteiger partial charge in [0.2, 0.25) is 0 Å². The smallest absolute Gasteiger partial charge is 0.170 e. The first kappa shape index (κ1) is 14.3. The maximum Gasteiger partial charge on any atom is 0.170 e. The molecule has 1 aliphatic rings. The van der Waals surface area contributed by atoms with Crippen molar-refractivity contribution in [2.24, 2.45) is 0 Å². The zero-order valence-corrected chi connectivity index (χ0v) is 11.6. The van der Waals surface area contributed by atoms with Crippen LogP contribution in [-0.2, 0) is 11.3 Å². The summed E-state index contributed by atoms with van der Waals surface area (Å²) in [6, 6.07) is 5.53. The molecule has 0 bridgehead atoms. The van der Waals surface area contributed by atoms with Crippen molar-refractivity contribution in [1.82, 2.24) is 5.32 Å². The summed E-state index contributed by atoms with van der Waals surface area (Å²) in [6.45, 7) is 0.298. The molecule has 106 valence electrons. The summed E-state index contributed by atoms with van der Waals surface area (Å²) < 4.78 is 24.9. The molecule has 4 heteroatoms. The topological polar surface area (TPSA) is 30.5 Å². The van der Waals surface area contributed by atoms with Crippen molar-refractivity contribution >= 4 is 0 Å². The van der Waals surface area contributed by atoms with Crippen LogP contribution in [0.4, 0.5) is 4.39 Å². The minimum Gasteiger partial charge on any atom is -0.494 e. The Balaban J connectivity index is 1.98. The monoisotopic (exact) mass is 267 g/mol. The second-order valence-corrected chi connectivity index (χ2v) is 4.96. The number of hydrogen-bond donors (Lipinski definition) is 1. The zero-order chi connectivity index (χ0) is 13.7. The predicted octanol–water partition coefficient (Wildman–Crippen LogP) is 2.88. The Kier molecular flexibility index (Phi) is 5.16. The molecular formula is C15H22FNO2. The summed E-state index contributed by atoms with van der Waals surface area (Å²) in [5.41, 5.74) is 0.555. The van der Waals surface area contributed by atoms with Crippen LogP contribution in [0.1, 0.15) is 31.2 Å². The molecule has 0 heterocycles. The summed E-state index contributed by atoms with van der Waals surface area (Å²) in [5.74, 6) is -0.0447. The molecule has 0 radical (unpaired) electrons. The van der Waals surface area contributed by atoms with Gasteiger partial charge in [0, 0.05) is 11.6 Å². The maximum atomic E-state index is 14.0. The second-order valence-electron chi connectivity index (χ2n) is 4.96. The van der Waals surface area contributed by atoms with Gasteiger partial charge in [-0.15, -0.1) is 0 Å². The number of methoxy groups -OCH3 is 1. The number of hydrogen-bond acceptors (Lipinski definition) is 3. The van der Waals surface area contributed by atoms with Crippen LogP contribution < -0.4 is 10.1 Å². The molecule has 0 aliphatic heterocycles. The summed E-state index contributed by atoms with van der Waals surface area (Å²) in [6.07, 6.45) is 4.76. The minimum absolute atomic E-state index is 0.171. The number of benzene rings is 1. The molecule has 2 rings (SSSR count). The molecule has 0 aromatic heterocycles. The summed E-state index contributed by atoms with van der Waals surface area (Å²) in [5, 5.41) is 3.28. The van der Waals surface area contributed by atoms with Gasteiger partial charge in [0.05, 0.1) is 19.8 Å². The molecule has 3 nitrogen and oxygen atoms in total. The first-order chi connectivity index (χ1) is 9.26. The van der Waals surface area contributed by atoms with Crippen molar-refractivity contribution in [2.75, 3.05) is 14.2 Å². The summed E-state index contributed by atoms with van der Waals surface area (Å²) >= 11 is 0. The van der Waals surface area contributed by atoms with Gasteiger partial charge in [0.15, 0.2) is 11.6 Å². The molecule has 1 fully saturated rings. The number of likely N-dealkylation sites (N-methyl/N-ethyl adjacent to an activating group) is 1. The summed E-state index contributed by atoms with van der Waals surface area (Å²) in [7, 11) is 3.43. The lowest BCUT2D eigenvalue weighted by Crippen LogP contribution is -2.41. The van der Waals surface area contributed by atoms with Crippen LogP contribution in [0.25, 0.3) is 0 Å². The van der Waals surface area contributed by atoms with E-state index < -0.39 is 0 Å². The van der Waals surface area contributed by atoms with Crippen LogP contribution in [0.3, 0.4) is 0 Å². The highest BCUT2D eigenvalue weighted by atomic mass is 19.1. The minimum atomic E-state index is -0.318. The predicted molar refractivity (Wildman–Crippen MR) is 72.8 cm³/mol. The highest BCUT2D eigenvalue weighted by Crippen LogP contribution is 2.24. The SMILES string of the molecule is CNC1CCCCC1OCc1cccc(OC)c1F. The number of halogens is 1. The normalized spacial score (nSPS) is 23.3. The van der Waals surface area contributed by atoms with E-state index in [9.17, 15) is 4.39 Å². The van der Waals surface area contributed by atoms with Gasteiger partial charge in [-0.05, 0) is 26.0 Å². The third-order valence-corrected chi connectivity index (χ3v) is 3.79. The Bertz CT molecular complexity index is 411. The van der Waals surface area contributed by atoms with E-state index in [-0.39, 0.29) is 17.7 Å². The van der Waals surface area contributed by atoms with Crippen molar-refractivity contribution in [2.45, 2.75) is 44.4 Å².